The summed E-state index contributed by atoms with van der Waals surface area (Å²) in [5.41, 5.74) is 23.2. The van der Waals surface area contributed by atoms with Crippen LogP contribution in [0.4, 0.5) is 0 Å². The lowest BCUT2D eigenvalue weighted by molar-refractivity contribution is 0.670. The van der Waals surface area contributed by atoms with E-state index in [2.05, 4.69) is 254 Å². The lowest BCUT2D eigenvalue weighted by Crippen LogP contribution is -1.94. The zero-order chi connectivity index (χ0) is 47.2. The summed E-state index contributed by atoms with van der Waals surface area (Å²) in [5, 5.41) is 7.21. The Balaban J connectivity index is 0.826. The molecule has 0 unspecified atom stereocenters. The molecule has 0 aliphatic heterocycles. The Morgan fingerprint density at radius 2 is 0.704 bits per heavy atom. The molecule has 0 radical (unpaired) electrons. The van der Waals surface area contributed by atoms with Gasteiger partial charge in [-0.25, -0.2) is 0 Å². The van der Waals surface area contributed by atoms with Crippen LogP contribution in [0, 0.1) is 13.8 Å². The first-order valence-corrected chi connectivity index (χ1v) is 24.5. The van der Waals surface area contributed by atoms with Crippen molar-refractivity contribution in [3.63, 3.8) is 0 Å². The largest absolute Gasteiger partial charge is 0.455 e. The highest BCUT2D eigenvalue weighted by Crippen LogP contribution is 2.41. The molecule has 0 saturated carbocycles. The molecule has 0 fully saturated rings. The summed E-state index contributed by atoms with van der Waals surface area (Å²) in [6.07, 6.45) is 0. The fraction of sp³-hybridized carbons (Fsp3) is 0.0294. The van der Waals surface area contributed by atoms with Crippen molar-refractivity contribution in [3.8, 4) is 67.0 Å². The van der Waals surface area contributed by atoms with E-state index in [1.807, 2.05) is 12.1 Å². The number of aryl methyl sites for hydroxylation is 2. The quantitative estimate of drug-likeness (QED) is 0.156. The second-order valence-electron chi connectivity index (χ2n) is 19.1. The van der Waals surface area contributed by atoms with Gasteiger partial charge in [0.25, 0.3) is 0 Å². The number of furan rings is 1. The second-order valence-corrected chi connectivity index (χ2v) is 19.1. The molecule has 0 bridgehead atoms. The topological polar surface area (TPSA) is 23.0 Å². The van der Waals surface area contributed by atoms with E-state index in [1.54, 1.807) is 0 Å². The van der Waals surface area contributed by atoms with E-state index in [0.29, 0.717) is 0 Å². The maximum atomic E-state index is 6.41. The summed E-state index contributed by atoms with van der Waals surface area (Å²) in [6, 6.07) is 88.8. The molecular formula is C68H46N2O. The SMILES string of the molecule is Cc1cc(C)cc(-c2cc(-c3ccccc3)cc(-c3ccc(-n4c5ccccc5c5cc(-c6ccc7c(c6)c6ccccc6n7-c6ccc(-c7cccc8c7oc7ccccc78)cc6)ccc54)cc3)c2)c1. The van der Waals surface area contributed by atoms with Crippen molar-refractivity contribution in [1.29, 1.82) is 0 Å². The first kappa shape index (κ1) is 40.8. The highest BCUT2D eigenvalue weighted by Gasteiger charge is 2.18. The van der Waals surface area contributed by atoms with Crippen LogP contribution in [-0.4, -0.2) is 9.13 Å². The van der Waals surface area contributed by atoms with Crippen LogP contribution in [-0.2, 0) is 0 Å². The molecule has 0 aliphatic rings. The maximum absolute atomic E-state index is 6.41. The predicted octanol–water partition coefficient (Wildman–Crippen LogP) is 18.7. The fourth-order valence-electron chi connectivity index (χ4n) is 11.3. The van der Waals surface area contributed by atoms with E-state index in [0.717, 1.165) is 44.4 Å². The van der Waals surface area contributed by atoms with Crippen LogP contribution in [0.3, 0.4) is 0 Å². The lowest BCUT2D eigenvalue weighted by atomic mass is 9.92. The molecule has 11 aromatic carbocycles. The molecule has 14 rings (SSSR count). The van der Waals surface area contributed by atoms with Crippen molar-refractivity contribution in [2.75, 3.05) is 0 Å². The molecule has 0 aliphatic carbocycles. The molecule has 3 aromatic heterocycles. The Labute approximate surface area is 411 Å². The summed E-state index contributed by atoms with van der Waals surface area (Å²) >= 11 is 0. The van der Waals surface area contributed by atoms with Gasteiger partial charge in [0, 0.05) is 49.3 Å². The average molecular weight is 907 g/mol. The molecule has 3 nitrogen and oxygen atoms in total. The highest BCUT2D eigenvalue weighted by molar-refractivity contribution is 6.13. The second kappa shape index (κ2) is 16.2. The van der Waals surface area contributed by atoms with Crippen molar-refractivity contribution in [2.45, 2.75) is 13.8 Å². The Bertz CT molecular complexity index is 4370. The number of benzene rings is 11. The number of rotatable bonds is 7. The summed E-state index contributed by atoms with van der Waals surface area (Å²) in [4.78, 5) is 0. The van der Waals surface area contributed by atoms with Crippen molar-refractivity contribution in [2.24, 2.45) is 0 Å². The average Bonchev–Trinajstić information content (AvgIpc) is 4.08. The van der Waals surface area contributed by atoms with Gasteiger partial charge in [0.1, 0.15) is 11.2 Å². The summed E-state index contributed by atoms with van der Waals surface area (Å²) in [7, 11) is 0. The van der Waals surface area contributed by atoms with E-state index in [-0.39, 0.29) is 0 Å². The molecule has 71 heavy (non-hydrogen) atoms. The molecule has 3 heterocycles. The normalized spacial score (nSPS) is 11.8. The van der Waals surface area contributed by atoms with E-state index in [1.165, 1.54) is 99.2 Å². The Hall–Kier alpha value is -9.18. The monoisotopic (exact) mass is 906 g/mol. The zero-order valence-corrected chi connectivity index (χ0v) is 39.4. The standard InChI is InChI=1S/C68H46N2O/c1-43-35-44(2)37-50(36-43)53-39-51(45-13-4-3-5-14-45)38-52(40-53)46-23-29-54(30-24-46)69-63-20-9-6-15-57(63)61-41-48(27-33-65(61)69)49-28-34-66-62(42-49)58-16-7-10-21-64(58)70(66)55-31-25-47(26-32-55)56-18-12-19-60-59-17-8-11-22-67(59)71-68(56)60/h3-42H,1-2H3. The van der Waals surface area contributed by atoms with Crippen LogP contribution >= 0.6 is 0 Å². The zero-order valence-electron chi connectivity index (χ0n) is 39.4. The highest BCUT2D eigenvalue weighted by atomic mass is 16.3. The van der Waals surface area contributed by atoms with Crippen molar-refractivity contribution < 1.29 is 4.42 Å². The molecule has 14 aromatic rings. The van der Waals surface area contributed by atoms with Gasteiger partial charge in [0.05, 0.1) is 22.1 Å². The first-order valence-electron chi connectivity index (χ1n) is 24.5. The maximum Gasteiger partial charge on any atom is 0.143 e. The number of aromatic nitrogens is 2. The number of hydrogen-bond acceptors (Lipinski definition) is 1. The minimum atomic E-state index is 0.912. The molecule has 0 saturated heterocycles. The molecule has 0 spiro atoms. The molecule has 0 amide bonds. The van der Waals surface area contributed by atoms with Gasteiger partial charge in [0.2, 0.25) is 0 Å². The minimum absolute atomic E-state index is 0.912. The third-order valence-electron chi connectivity index (χ3n) is 14.6. The molecule has 334 valence electrons. The fourth-order valence-corrected chi connectivity index (χ4v) is 11.3. The van der Waals surface area contributed by atoms with Gasteiger partial charge < -0.3 is 13.6 Å². The van der Waals surface area contributed by atoms with Gasteiger partial charge in [-0.1, -0.05) is 169 Å². The van der Waals surface area contributed by atoms with Crippen LogP contribution in [0.5, 0.6) is 0 Å². The Kier molecular flexibility index (Phi) is 9.33. The van der Waals surface area contributed by atoms with E-state index < -0.39 is 0 Å². The van der Waals surface area contributed by atoms with Crippen LogP contribution < -0.4 is 0 Å². The van der Waals surface area contributed by atoms with Gasteiger partial charge in [-0.2, -0.15) is 0 Å². The van der Waals surface area contributed by atoms with Crippen molar-refractivity contribution in [3.05, 3.63) is 254 Å². The van der Waals surface area contributed by atoms with Crippen LogP contribution in [0.2, 0.25) is 0 Å². The van der Waals surface area contributed by atoms with Crippen LogP contribution in [0.15, 0.2) is 247 Å². The van der Waals surface area contributed by atoms with Gasteiger partial charge in [-0.05, 0) is 149 Å². The lowest BCUT2D eigenvalue weighted by Gasteiger charge is -2.14. The Morgan fingerprint density at radius 1 is 0.268 bits per heavy atom. The van der Waals surface area contributed by atoms with Crippen molar-refractivity contribution in [1.82, 2.24) is 9.13 Å². The summed E-state index contributed by atoms with van der Waals surface area (Å²) < 4.78 is 11.2. The molecule has 3 heteroatoms. The number of para-hydroxylation sites is 4. The predicted molar refractivity (Wildman–Crippen MR) is 299 cm³/mol. The van der Waals surface area contributed by atoms with E-state index in [9.17, 15) is 0 Å². The van der Waals surface area contributed by atoms with E-state index >= 15 is 0 Å². The number of nitrogens with zero attached hydrogens (tertiary/aromatic N) is 2. The first-order chi connectivity index (χ1) is 35.0. The summed E-state index contributed by atoms with van der Waals surface area (Å²) in [5.74, 6) is 0. The third kappa shape index (κ3) is 6.81. The van der Waals surface area contributed by atoms with E-state index in [4.69, 9.17) is 4.42 Å². The minimum Gasteiger partial charge on any atom is -0.455 e. The number of hydrogen-bond donors (Lipinski definition) is 0. The summed E-state index contributed by atoms with van der Waals surface area (Å²) in [6.45, 7) is 4.36. The third-order valence-corrected chi connectivity index (χ3v) is 14.6. The Morgan fingerprint density at radius 3 is 1.30 bits per heavy atom. The smallest absolute Gasteiger partial charge is 0.143 e. The number of fused-ring (bicyclic) bond motifs is 9. The van der Waals surface area contributed by atoms with Gasteiger partial charge >= 0.3 is 0 Å². The van der Waals surface area contributed by atoms with Crippen molar-refractivity contribution >= 4 is 65.6 Å². The molecule has 0 N–H and O–H groups in total. The van der Waals surface area contributed by atoms with Gasteiger partial charge in [-0.15, -0.1) is 0 Å². The van der Waals surface area contributed by atoms with Gasteiger partial charge in [-0.3, -0.25) is 0 Å². The molecular weight excluding hydrogens is 861 g/mol. The van der Waals surface area contributed by atoms with Gasteiger partial charge in [0.15, 0.2) is 0 Å². The molecule has 0 atom stereocenters. The van der Waals surface area contributed by atoms with Crippen LogP contribution in [0.1, 0.15) is 11.1 Å². The van der Waals surface area contributed by atoms with Crippen LogP contribution in [0.25, 0.3) is 133 Å².